The number of ether oxygens (including phenoxy) is 1. The number of aromatic nitrogens is 2. The summed E-state index contributed by atoms with van der Waals surface area (Å²) in [5.41, 5.74) is 3.68. The van der Waals surface area contributed by atoms with Crippen LogP contribution in [-0.2, 0) is 4.74 Å². The molecule has 5 rings (SSSR count). The molecule has 1 aromatic heterocycles. The first-order chi connectivity index (χ1) is 14.5. The Bertz CT molecular complexity index is 1110. The molecule has 0 spiro atoms. The molecule has 5 nitrogen and oxygen atoms in total. The Labute approximate surface area is 188 Å². The van der Waals surface area contributed by atoms with Crippen LogP contribution in [0.4, 0.5) is 0 Å². The third-order valence-corrected chi connectivity index (χ3v) is 6.48. The highest BCUT2D eigenvalue weighted by molar-refractivity contribution is 6.35. The number of benzene rings is 2. The minimum absolute atomic E-state index is 0.0125. The summed E-state index contributed by atoms with van der Waals surface area (Å²) in [6.07, 6.45) is 1.95. The Kier molecular flexibility index (Phi) is 5.23. The number of rotatable bonds is 4. The molecule has 0 aliphatic carbocycles. The molecule has 3 aromatic rings. The van der Waals surface area contributed by atoms with E-state index in [1.807, 2.05) is 35.2 Å². The SMILES string of the molecule is O=C1c2[nH]nc(-c3ccc(Cl)cc3)c2C(c2ccc(Cl)cc2Cl)N1CC1CCCO1. The molecule has 30 heavy (non-hydrogen) atoms. The van der Waals surface area contributed by atoms with E-state index in [-0.39, 0.29) is 18.1 Å². The summed E-state index contributed by atoms with van der Waals surface area (Å²) in [4.78, 5) is 15.2. The van der Waals surface area contributed by atoms with Gasteiger partial charge in [-0.3, -0.25) is 9.89 Å². The van der Waals surface area contributed by atoms with E-state index in [1.54, 1.807) is 12.1 Å². The Morgan fingerprint density at radius 2 is 1.87 bits per heavy atom. The summed E-state index contributed by atoms with van der Waals surface area (Å²) in [7, 11) is 0. The number of carbonyl (C=O) groups excluding carboxylic acids is 1. The van der Waals surface area contributed by atoms with Gasteiger partial charge >= 0.3 is 0 Å². The third kappa shape index (κ3) is 3.40. The Balaban J connectivity index is 1.64. The van der Waals surface area contributed by atoms with Crippen LogP contribution in [0.1, 0.15) is 40.5 Å². The normalized spacial score (nSPS) is 20.8. The van der Waals surface area contributed by atoms with Crippen molar-refractivity contribution in [3.05, 3.63) is 74.4 Å². The molecule has 0 bridgehead atoms. The second kappa shape index (κ2) is 7.89. The fourth-order valence-electron chi connectivity index (χ4n) is 4.27. The molecule has 2 aromatic carbocycles. The molecule has 3 heterocycles. The number of carbonyl (C=O) groups is 1. The standard InChI is InChI=1S/C22H18Cl3N3O2/c23-13-5-3-12(4-6-13)19-18-20(27-26-19)22(29)28(11-15-2-1-9-30-15)21(18)16-8-7-14(24)10-17(16)25/h3-8,10,15,21H,1-2,9,11H2,(H,26,27). The van der Waals surface area contributed by atoms with Gasteiger partial charge in [-0.15, -0.1) is 0 Å². The molecule has 1 fully saturated rings. The fourth-order valence-corrected chi connectivity index (χ4v) is 4.90. The van der Waals surface area contributed by atoms with Crippen LogP contribution in [0, 0.1) is 0 Å². The summed E-state index contributed by atoms with van der Waals surface area (Å²) in [5.74, 6) is -0.107. The van der Waals surface area contributed by atoms with Gasteiger partial charge in [0.05, 0.1) is 17.8 Å². The van der Waals surface area contributed by atoms with Gasteiger partial charge < -0.3 is 9.64 Å². The molecule has 2 aliphatic rings. The average molecular weight is 463 g/mol. The minimum atomic E-state index is -0.383. The van der Waals surface area contributed by atoms with Gasteiger partial charge in [-0.25, -0.2) is 0 Å². The Morgan fingerprint density at radius 3 is 2.57 bits per heavy atom. The minimum Gasteiger partial charge on any atom is -0.376 e. The van der Waals surface area contributed by atoms with Crippen molar-refractivity contribution in [2.75, 3.05) is 13.2 Å². The van der Waals surface area contributed by atoms with Gasteiger partial charge in [0.25, 0.3) is 5.91 Å². The van der Waals surface area contributed by atoms with Crippen LogP contribution >= 0.6 is 34.8 Å². The number of halogens is 3. The molecule has 2 unspecified atom stereocenters. The molecule has 0 saturated carbocycles. The summed E-state index contributed by atoms with van der Waals surface area (Å²) >= 11 is 18.8. The lowest BCUT2D eigenvalue weighted by Gasteiger charge is -2.29. The van der Waals surface area contributed by atoms with Gasteiger partial charge in [0.15, 0.2) is 0 Å². The van der Waals surface area contributed by atoms with Gasteiger partial charge in [-0.05, 0) is 42.7 Å². The van der Waals surface area contributed by atoms with Crippen LogP contribution in [0.5, 0.6) is 0 Å². The molecule has 2 aliphatic heterocycles. The third-order valence-electron chi connectivity index (χ3n) is 5.66. The van der Waals surface area contributed by atoms with Crippen LogP contribution in [0.2, 0.25) is 15.1 Å². The maximum absolute atomic E-state index is 13.4. The summed E-state index contributed by atoms with van der Waals surface area (Å²) in [6.45, 7) is 1.22. The monoisotopic (exact) mass is 461 g/mol. The van der Waals surface area contributed by atoms with Crippen molar-refractivity contribution in [2.45, 2.75) is 25.0 Å². The van der Waals surface area contributed by atoms with E-state index in [0.717, 1.165) is 36.1 Å². The number of nitrogens with one attached hydrogen (secondary N) is 1. The van der Waals surface area contributed by atoms with Gasteiger partial charge in [-0.2, -0.15) is 5.10 Å². The summed E-state index contributed by atoms with van der Waals surface area (Å²) < 4.78 is 5.81. The number of H-pyrrole nitrogens is 1. The Hall–Kier alpha value is -2.05. The highest BCUT2D eigenvalue weighted by atomic mass is 35.5. The highest BCUT2D eigenvalue weighted by Crippen LogP contribution is 2.45. The van der Waals surface area contributed by atoms with E-state index in [1.165, 1.54) is 0 Å². The second-order valence-electron chi connectivity index (χ2n) is 7.53. The van der Waals surface area contributed by atoms with E-state index in [0.29, 0.717) is 33.0 Å². The number of nitrogens with zero attached hydrogens (tertiary/aromatic N) is 2. The van der Waals surface area contributed by atoms with Crippen LogP contribution in [0.25, 0.3) is 11.3 Å². The van der Waals surface area contributed by atoms with E-state index < -0.39 is 0 Å². The number of aromatic amines is 1. The van der Waals surface area contributed by atoms with Gasteiger partial charge in [0, 0.05) is 39.3 Å². The maximum atomic E-state index is 13.4. The highest BCUT2D eigenvalue weighted by Gasteiger charge is 2.44. The zero-order valence-corrected chi connectivity index (χ0v) is 18.1. The van der Waals surface area contributed by atoms with Gasteiger partial charge in [-0.1, -0.05) is 53.0 Å². The summed E-state index contributed by atoms with van der Waals surface area (Å²) in [5, 5.41) is 9.10. The molecule has 1 amide bonds. The van der Waals surface area contributed by atoms with Crippen molar-refractivity contribution in [3.8, 4) is 11.3 Å². The lowest BCUT2D eigenvalue weighted by Crippen LogP contribution is -2.36. The number of fused-ring (bicyclic) bond motifs is 1. The molecule has 154 valence electrons. The Morgan fingerprint density at radius 1 is 1.10 bits per heavy atom. The maximum Gasteiger partial charge on any atom is 0.273 e. The molecular formula is C22H18Cl3N3O2. The van der Waals surface area contributed by atoms with Crippen LogP contribution in [0.15, 0.2) is 42.5 Å². The van der Waals surface area contributed by atoms with Crippen molar-refractivity contribution in [3.63, 3.8) is 0 Å². The first-order valence-corrected chi connectivity index (χ1v) is 10.9. The van der Waals surface area contributed by atoms with Crippen LogP contribution in [0.3, 0.4) is 0 Å². The molecular weight excluding hydrogens is 445 g/mol. The topological polar surface area (TPSA) is 58.2 Å². The number of hydrogen-bond acceptors (Lipinski definition) is 3. The lowest BCUT2D eigenvalue weighted by atomic mass is 9.96. The smallest absolute Gasteiger partial charge is 0.273 e. The molecule has 2 atom stereocenters. The van der Waals surface area contributed by atoms with Crippen molar-refractivity contribution in [1.29, 1.82) is 0 Å². The van der Waals surface area contributed by atoms with Crippen molar-refractivity contribution in [2.24, 2.45) is 0 Å². The van der Waals surface area contributed by atoms with E-state index in [4.69, 9.17) is 39.5 Å². The number of amides is 1. The summed E-state index contributed by atoms with van der Waals surface area (Å²) in [6, 6.07) is 12.4. The van der Waals surface area contributed by atoms with E-state index in [9.17, 15) is 4.79 Å². The predicted octanol–water partition coefficient (Wildman–Crippen LogP) is 5.76. The lowest BCUT2D eigenvalue weighted by molar-refractivity contribution is 0.0495. The van der Waals surface area contributed by atoms with Gasteiger partial charge in [0.1, 0.15) is 5.69 Å². The van der Waals surface area contributed by atoms with Crippen molar-refractivity contribution < 1.29 is 9.53 Å². The number of hydrogen-bond donors (Lipinski definition) is 1. The van der Waals surface area contributed by atoms with Gasteiger partial charge in [0.2, 0.25) is 0 Å². The molecule has 1 saturated heterocycles. The first kappa shape index (κ1) is 19.9. The predicted molar refractivity (Wildman–Crippen MR) is 117 cm³/mol. The zero-order valence-electron chi connectivity index (χ0n) is 15.9. The quantitative estimate of drug-likeness (QED) is 0.536. The average Bonchev–Trinajstić information content (AvgIpc) is 3.44. The molecule has 8 heteroatoms. The van der Waals surface area contributed by atoms with Crippen molar-refractivity contribution in [1.82, 2.24) is 15.1 Å². The largest absolute Gasteiger partial charge is 0.376 e. The molecule has 1 N–H and O–H groups in total. The zero-order chi connectivity index (χ0) is 20.8. The van der Waals surface area contributed by atoms with E-state index in [2.05, 4.69) is 10.2 Å². The van der Waals surface area contributed by atoms with Crippen LogP contribution in [-0.4, -0.2) is 40.3 Å². The fraction of sp³-hybridized carbons (Fsp3) is 0.273. The first-order valence-electron chi connectivity index (χ1n) is 9.74. The van der Waals surface area contributed by atoms with Crippen molar-refractivity contribution >= 4 is 40.7 Å². The second-order valence-corrected chi connectivity index (χ2v) is 8.81. The van der Waals surface area contributed by atoms with E-state index >= 15 is 0 Å². The van der Waals surface area contributed by atoms with Crippen LogP contribution < -0.4 is 0 Å². The molecule has 0 radical (unpaired) electrons.